The predicted molar refractivity (Wildman–Crippen MR) is 110 cm³/mol. The van der Waals surface area contributed by atoms with E-state index >= 15 is 0 Å². The van der Waals surface area contributed by atoms with Gasteiger partial charge in [-0.05, 0) is 45.0 Å². The molecule has 2 aromatic rings. The minimum Gasteiger partial charge on any atom is -0.407 e. The van der Waals surface area contributed by atoms with Crippen molar-refractivity contribution in [3.63, 3.8) is 0 Å². The molecule has 0 radical (unpaired) electrons. The Balaban J connectivity index is 0.00000169. The van der Waals surface area contributed by atoms with Crippen molar-refractivity contribution in [2.24, 2.45) is 0 Å². The lowest BCUT2D eigenvalue weighted by molar-refractivity contribution is 0.289. The molecule has 26 heavy (non-hydrogen) atoms. The summed E-state index contributed by atoms with van der Waals surface area (Å²) >= 11 is 0. The summed E-state index contributed by atoms with van der Waals surface area (Å²) < 4.78 is 5.72. The molecule has 1 saturated heterocycles. The molecular weight excluding hydrogens is 373 g/mol. The molecule has 2 heterocycles. The summed E-state index contributed by atoms with van der Waals surface area (Å²) in [5.41, 5.74) is 1.43. The van der Waals surface area contributed by atoms with Gasteiger partial charge in [-0.25, -0.2) is 0 Å². The second-order valence-corrected chi connectivity index (χ2v) is 6.28. The Labute approximate surface area is 168 Å². The number of anilines is 1. The van der Waals surface area contributed by atoms with Crippen LogP contribution in [0.2, 0.25) is 0 Å². The number of rotatable bonds is 7. The molecule has 0 bridgehead atoms. The standard InChI is InChI=1S/C18H27N5O.2ClH/c1-19-15-17-20-21-18(24-17)23-12-6-11-22(13-14-23)10-5-9-16-7-3-2-4-8-16;;/h2-4,7-8,19H,5-6,9-15H2,1H3;2*1H. The molecule has 0 spiro atoms. The van der Waals surface area contributed by atoms with Crippen LogP contribution < -0.4 is 10.2 Å². The lowest BCUT2D eigenvalue weighted by Crippen LogP contribution is -2.31. The number of hydrogen-bond acceptors (Lipinski definition) is 6. The highest BCUT2D eigenvalue weighted by molar-refractivity contribution is 5.85. The molecule has 1 aromatic heterocycles. The number of halogens is 2. The van der Waals surface area contributed by atoms with E-state index in [0.29, 0.717) is 18.5 Å². The number of nitrogens with one attached hydrogen (secondary N) is 1. The van der Waals surface area contributed by atoms with E-state index in [1.807, 2.05) is 7.05 Å². The SMILES string of the molecule is CNCc1nnc(N2CCCN(CCCc3ccccc3)CC2)o1.Cl.Cl. The van der Waals surface area contributed by atoms with Crippen molar-refractivity contribution in [3.8, 4) is 0 Å². The van der Waals surface area contributed by atoms with Crippen molar-refractivity contribution in [1.82, 2.24) is 20.4 Å². The average Bonchev–Trinajstić information content (AvgIpc) is 2.94. The zero-order valence-electron chi connectivity index (χ0n) is 15.3. The number of aryl methyl sites for hydroxylation is 1. The Morgan fingerprint density at radius 3 is 2.62 bits per heavy atom. The van der Waals surface area contributed by atoms with Crippen LogP contribution in [0.15, 0.2) is 34.7 Å². The van der Waals surface area contributed by atoms with Crippen LogP contribution in [0, 0.1) is 0 Å². The lowest BCUT2D eigenvalue weighted by Gasteiger charge is -2.20. The van der Waals surface area contributed by atoms with Gasteiger partial charge in [0.25, 0.3) is 0 Å². The fraction of sp³-hybridized carbons (Fsp3) is 0.556. The average molecular weight is 402 g/mol. The molecular formula is C18H29Cl2N5O. The lowest BCUT2D eigenvalue weighted by atomic mass is 10.1. The van der Waals surface area contributed by atoms with Crippen LogP contribution in [-0.2, 0) is 13.0 Å². The summed E-state index contributed by atoms with van der Waals surface area (Å²) in [6.45, 7) is 5.90. The van der Waals surface area contributed by atoms with Crippen LogP contribution in [0.4, 0.5) is 6.01 Å². The summed E-state index contributed by atoms with van der Waals surface area (Å²) in [6, 6.07) is 11.4. The Morgan fingerprint density at radius 2 is 1.85 bits per heavy atom. The monoisotopic (exact) mass is 401 g/mol. The largest absolute Gasteiger partial charge is 0.407 e. The molecule has 0 atom stereocenters. The van der Waals surface area contributed by atoms with Gasteiger partial charge in [0.2, 0.25) is 5.89 Å². The summed E-state index contributed by atoms with van der Waals surface area (Å²) in [5, 5.41) is 11.3. The molecule has 1 aliphatic heterocycles. The van der Waals surface area contributed by atoms with Gasteiger partial charge < -0.3 is 19.5 Å². The van der Waals surface area contributed by atoms with Gasteiger partial charge in [-0.3, -0.25) is 0 Å². The molecule has 146 valence electrons. The van der Waals surface area contributed by atoms with E-state index in [1.165, 1.54) is 12.0 Å². The van der Waals surface area contributed by atoms with Crippen LogP contribution in [0.1, 0.15) is 24.3 Å². The first kappa shape index (κ1) is 22.7. The minimum absolute atomic E-state index is 0. The molecule has 1 fully saturated rings. The van der Waals surface area contributed by atoms with Gasteiger partial charge >= 0.3 is 6.01 Å². The third-order valence-corrected chi connectivity index (χ3v) is 4.43. The van der Waals surface area contributed by atoms with Crippen molar-refractivity contribution < 1.29 is 4.42 Å². The molecule has 6 nitrogen and oxygen atoms in total. The first-order chi connectivity index (χ1) is 11.8. The molecule has 1 aliphatic rings. The van der Waals surface area contributed by atoms with E-state index in [2.05, 4.69) is 55.6 Å². The van der Waals surface area contributed by atoms with E-state index in [4.69, 9.17) is 4.42 Å². The highest BCUT2D eigenvalue weighted by Gasteiger charge is 2.19. The maximum Gasteiger partial charge on any atom is 0.318 e. The van der Waals surface area contributed by atoms with Crippen LogP contribution in [0.25, 0.3) is 0 Å². The predicted octanol–water partition coefficient (Wildman–Crippen LogP) is 2.78. The summed E-state index contributed by atoms with van der Waals surface area (Å²) in [5.74, 6) is 0.650. The Morgan fingerprint density at radius 1 is 1.04 bits per heavy atom. The third kappa shape index (κ3) is 6.76. The topological polar surface area (TPSA) is 57.4 Å². The second-order valence-electron chi connectivity index (χ2n) is 6.28. The van der Waals surface area contributed by atoms with E-state index < -0.39 is 0 Å². The summed E-state index contributed by atoms with van der Waals surface area (Å²) in [7, 11) is 1.88. The fourth-order valence-electron chi connectivity index (χ4n) is 3.13. The molecule has 0 aliphatic carbocycles. The fourth-order valence-corrected chi connectivity index (χ4v) is 3.13. The first-order valence-corrected chi connectivity index (χ1v) is 8.83. The molecule has 1 N–H and O–H groups in total. The minimum atomic E-state index is 0. The van der Waals surface area contributed by atoms with Gasteiger partial charge in [-0.15, -0.1) is 29.9 Å². The Hall–Kier alpha value is -1.34. The van der Waals surface area contributed by atoms with Gasteiger partial charge in [-0.2, -0.15) is 0 Å². The number of aromatic nitrogens is 2. The summed E-state index contributed by atoms with van der Waals surface area (Å²) in [6.07, 6.45) is 3.49. The summed E-state index contributed by atoms with van der Waals surface area (Å²) in [4.78, 5) is 4.76. The van der Waals surface area contributed by atoms with Crippen LogP contribution >= 0.6 is 24.8 Å². The van der Waals surface area contributed by atoms with E-state index in [-0.39, 0.29) is 24.8 Å². The van der Waals surface area contributed by atoms with E-state index in [1.54, 1.807) is 0 Å². The van der Waals surface area contributed by atoms with Crippen molar-refractivity contribution in [3.05, 3.63) is 41.8 Å². The quantitative estimate of drug-likeness (QED) is 0.769. The molecule has 0 unspecified atom stereocenters. The molecule has 0 amide bonds. The Kier molecular flexibility index (Phi) is 10.6. The van der Waals surface area contributed by atoms with Crippen LogP contribution in [0.5, 0.6) is 0 Å². The van der Waals surface area contributed by atoms with E-state index in [9.17, 15) is 0 Å². The highest BCUT2D eigenvalue weighted by Crippen LogP contribution is 2.15. The zero-order valence-corrected chi connectivity index (χ0v) is 16.9. The number of hydrogen-bond donors (Lipinski definition) is 1. The van der Waals surface area contributed by atoms with Gasteiger partial charge in [0.15, 0.2) is 0 Å². The van der Waals surface area contributed by atoms with Gasteiger partial charge in [0.05, 0.1) is 6.54 Å². The first-order valence-electron chi connectivity index (χ1n) is 8.83. The third-order valence-electron chi connectivity index (χ3n) is 4.43. The molecule has 0 saturated carbocycles. The van der Waals surface area contributed by atoms with E-state index in [0.717, 1.165) is 45.6 Å². The second kappa shape index (κ2) is 12.1. The molecule has 1 aromatic carbocycles. The van der Waals surface area contributed by atoms with Gasteiger partial charge in [0.1, 0.15) is 0 Å². The van der Waals surface area contributed by atoms with Crippen LogP contribution in [-0.4, -0.2) is 54.9 Å². The zero-order chi connectivity index (χ0) is 16.6. The Bertz CT molecular complexity index is 611. The van der Waals surface area contributed by atoms with Gasteiger partial charge in [0, 0.05) is 19.6 Å². The van der Waals surface area contributed by atoms with Crippen LogP contribution in [0.3, 0.4) is 0 Å². The van der Waals surface area contributed by atoms with Crippen molar-refractivity contribution in [1.29, 1.82) is 0 Å². The molecule has 3 rings (SSSR count). The van der Waals surface area contributed by atoms with Crippen molar-refractivity contribution in [2.45, 2.75) is 25.8 Å². The maximum atomic E-state index is 5.72. The smallest absolute Gasteiger partial charge is 0.318 e. The number of nitrogens with zero attached hydrogens (tertiary/aromatic N) is 4. The highest BCUT2D eigenvalue weighted by atomic mass is 35.5. The normalized spacial score (nSPS) is 15.0. The number of benzene rings is 1. The van der Waals surface area contributed by atoms with Gasteiger partial charge in [-0.1, -0.05) is 35.4 Å². The van der Waals surface area contributed by atoms with Crippen molar-refractivity contribution >= 4 is 30.8 Å². The van der Waals surface area contributed by atoms with Crippen molar-refractivity contribution in [2.75, 3.05) is 44.7 Å². The molecule has 8 heteroatoms. The maximum absolute atomic E-state index is 5.72.